The molecule has 170 valence electrons. The number of benzene rings is 2. The van der Waals surface area contributed by atoms with E-state index in [0.717, 1.165) is 45.8 Å². The van der Waals surface area contributed by atoms with Crippen LogP contribution in [0.2, 0.25) is 0 Å². The Kier molecular flexibility index (Phi) is 7.40. The second-order valence-corrected chi connectivity index (χ2v) is 9.01. The lowest BCUT2D eigenvalue weighted by Gasteiger charge is -2.44. The van der Waals surface area contributed by atoms with Crippen molar-refractivity contribution in [3.05, 3.63) is 76.9 Å². The third kappa shape index (κ3) is 5.47. The smallest absolute Gasteiger partial charge is 0.337 e. The molecule has 32 heavy (non-hydrogen) atoms. The summed E-state index contributed by atoms with van der Waals surface area (Å²) in [4.78, 5) is 16.8. The quantitative estimate of drug-likeness (QED) is 0.632. The van der Waals surface area contributed by atoms with Gasteiger partial charge in [0.25, 0.3) is 0 Å². The molecule has 5 heteroatoms. The van der Waals surface area contributed by atoms with Crippen molar-refractivity contribution in [3.63, 3.8) is 0 Å². The van der Waals surface area contributed by atoms with Crippen LogP contribution in [0.5, 0.6) is 0 Å². The summed E-state index contributed by atoms with van der Waals surface area (Å²) in [6.45, 7) is 10.1. The second kappa shape index (κ2) is 10.4. The predicted molar refractivity (Wildman–Crippen MR) is 127 cm³/mol. The second-order valence-electron chi connectivity index (χ2n) is 9.01. The van der Waals surface area contributed by atoms with Crippen LogP contribution in [0.15, 0.2) is 54.6 Å². The van der Waals surface area contributed by atoms with Crippen LogP contribution in [0.1, 0.15) is 47.3 Å². The van der Waals surface area contributed by atoms with Crippen molar-refractivity contribution in [1.29, 1.82) is 0 Å². The lowest BCUT2D eigenvalue weighted by atomic mass is 9.98. The Hall–Kier alpha value is -2.47. The third-order valence-electron chi connectivity index (χ3n) is 6.58. The van der Waals surface area contributed by atoms with Crippen LogP contribution < -0.4 is 0 Å². The first-order valence-electron chi connectivity index (χ1n) is 11.5. The molecule has 0 unspecified atom stereocenters. The highest BCUT2D eigenvalue weighted by Gasteiger charge is 2.29. The van der Waals surface area contributed by atoms with Crippen LogP contribution in [0.4, 0.5) is 0 Å². The molecule has 4 rings (SSSR count). The summed E-state index contributed by atoms with van der Waals surface area (Å²) in [5.74, 6) is -0.287. The van der Waals surface area contributed by atoms with Crippen LogP contribution in [0.25, 0.3) is 5.57 Å². The molecule has 2 aliphatic heterocycles. The molecule has 0 aliphatic carbocycles. The zero-order valence-electron chi connectivity index (χ0n) is 19.4. The maximum absolute atomic E-state index is 11.7. The van der Waals surface area contributed by atoms with Gasteiger partial charge in [-0.3, -0.25) is 9.80 Å². The molecule has 0 saturated carbocycles. The molecule has 1 fully saturated rings. The molecule has 2 aromatic rings. The minimum absolute atomic E-state index is 0.287. The molecule has 2 heterocycles. The highest BCUT2D eigenvalue weighted by molar-refractivity contribution is 5.89. The van der Waals surface area contributed by atoms with E-state index in [1.807, 2.05) is 24.3 Å². The minimum atomic E-state index is -0.287. The van der Waals surface area contributed by atoms with Gasteiger partial charge in [0.2, 0.25) is 0 Å². The van der Waals surface area contributed by atoms with Crippen molar-refractivity contribution in [1.82, 2.24) is 9.80 Å². The molecular weight excluding hydrogens is 400 g/mol. The normalized spacial score (nSPS) is 22.4. The maximum Gasteiger partial charge on any atom is 0.337 e. The Balaban J connectivity index is 1.37. The molecular formula is C27H34N2O3. The van der Waals surface area contributed by atoms with Gasteiger partial charge in [0.05, 0.1) is 25.9 Å². The largest absolute Gasteiger partial charge is 0.465 e. The zero-order chi connectivity index (χ0) is 22.5. The number of nitrogens with zero attached hydrogens (tertiary/aromatic N) is 2. The Morgan fingerprint density at radius 3 is 2.44 bits per heavy atom. The van der Waals surface area contributed by atoms with Crippen molar-refractivity contribution in [2.45, 2.75) is 45.4 Å². The van der Waals surface area contributed by atoms with E-state index in [2.05, 4.69) is 54.0 Å². The Bertz CT molecular complexity index is 942. The zero-order valence-corrected chi connectivity index (χ0v) is 19.4. The van der Waals surface area contributed by atoms with E-state index < -0.39 is 0 Å². The maximum atomic E-state index is 11.7. The summed E-state index contributed by atoms with van der Waals surface area (Å²) in [5, 5.41) is 0. The van der Waals surface area contributed by atoms with Crippen molar-refractivity contribution < 1.29 is 14.3 Å². The average Bonchev–Trinajstić information content (AvgIpc) is 2.82. The third-order valence-corrected chi connectivity index (χ3v) is 6.58. The van der Waals surface area contributed by atoms with Crippen LogP contribution in [0.3, 0.4) is 0 Å². The highest BCUT2D eigenvalue weighted by Crippen LogP contribution is 2.25. The van der Waals surface area contributed by atoms with Gasteiger partial charge >= 0.3 is 5.97 Å². The lowest BCUT2D eigenvalue weighted by molar-refractivity contribution is 0.0290. The lowest BCUT2D eigenvalue weighted by Crippen LogP contribution is -2.55. The highest BCUT2D eigenvalue weighted by atomic mass is 16.5. The molecule has 0 spiro atoms. The Morgan fingerprint density at radius 1 is 1.03 bits per heavy atom. The van der Waals surface area contributed by atoms with Crippen LogP contribution in [0, 0.1) is 0 Å². The molecule has 0 amide bonds. The van der Waals surface area contributed by atoms with Gasteiger partial charge in [-0.1, -0.05) is 42.5 Å². The number of hydrogen-bond donors (Lipinski definition) is 0. The monoisotopic (exact) mass is 434 g/mol. The van der Waals surface area contributed by atoms with E-state index in [0.29, 0.717) is 17.6 Å². The van der Waals surface area contributed by atoms with E-state index in [4.69, 9.17) is 9.47 Å². The first kappa shape index (κ1) is 22.7. The van der Waals surface area contributed by atoms with Crippen LogP contribution in [-0.2, 0) is 22.6 Å². The summed E-state index contributed by atoms with van der Waals surface area (Å²) >= 11 is 0. The summed E-state index contributed by atoms with van der Waals surface area (Å²) in [6, 6.07) is 17.7. The number of esters is 1. The standard InChI is InChI=1S/C27H34N2O3/c1-20-16-28(18-22-7-9-25(10-8-22)27(30)31-3)17-21(2)29(20)19-23-5-4-6-26(15-23)24-11-13-32-14-12-24/h4-11,15,20-21H,12-14,16-19H2,1-3H3/t20-,21+. The van der Waals surface area contributed by atoms with Crippen molar-refractivity contribution in [2.24, 2.45) is 0 Å². The van der Waals surface area contributed by atoms with Gasteiger partial charge in [0, 0.05) is 38.3 Å². The summed E-state index contributed by atoms with van der Waals surface area (Å²) in [7, 11) is 1.41. The molecule has 0 N–H and O–H groups in total. The summed E-state index contributed by atoms with van der Waals surface area (Å²) in [6.07, 6.45) is 3.21. The predicted octanol–water partition coefficient (Wildman–Crippen LogP) is 4.37. The van der Waals surface area contributed by atoms with Gasteiger partial charge < -0.3 is 9.47 Å². The van der Waals surface area contributed by atoms with Gasteiger partial charge in [-0.2, -0.15) is 0 Å². The number of piperazine rings is 1. The van der Waals surface area contributed by atoms with Crippen molar-refractivity contribution in [2.75, 3.05) is 33.4 Å². The number of carbonyl (C=O) groups is 1. The molecule has 0 radical (unpaired) electrons. The number of ether oxygens (including phenoxy) is 2. The van der Waals surface area contributed by atoms with E-state index in [1.165, 1.54) is 29.4 Å². The molecule has 0 aromatic heterocycles. The first-order chi connectivity index (χ1) is 15.5. The van der Waals surface area contributed by atoms with E-state index in [-0.39, 0.29) is 5.97 Å². The number of carbonyl (C=O) groups excluding carboxylic acids is 1. The molecule has 5 nitrogen and oxygen atoms in total. The van der Waals surface area contributed by atoms with Gasteiger partial charge in [0.1, 0.15) is 0 Å². The summed E-state index contributed by atoms with van der Waals surface area (Å²) < 4.78 is 10.3. The number of hydrogen-bond acceptors (Lipinski definition) is 5. The summed E-state index contributed by atoms with van der Waals surface area (Å²) in [5.41, 5.74) is 5.94. The van der Waals surface area contributed by atoms with E-state index in [9.17, 15) is 4.79 Å². The Labute approximate surface area is 191 Å². The molecule has 2 aliphatic rings. The fourth-order valence-electron chi connectivity index (χ4n) is 4.90. The molecule has 1 saturated heterocycles. The minimum Gasteiger partial charge on any atom is -0.465 e. The van der Waals surface area contributed by atoms with Crippen molar-refractivity contribution in [3.8, 4) is 0 Å². The topological polar surface area (TPSA) is 42.0 Å². The van der Waals surface area contributed by atoms with Crippen LogP contribution >= 0.6 is 0 Å². The Morgan fingerprint density at radius 2 is 1.78 bits per heavy atom. The number of rotatable bonds is 6. The first-order valence-corrected chi connectivity index (χ1v) is 11.5. The molecule has 2 atom stereocenters. The molecule has 0 bridgehead atoms. The van der Waals surface area contributed by atoms with E-state index in [1.54, 1.807) is 0 Å². The van der Waals surface area contributed by atoms with E-state index >= 15 is 0 Å². The van der Waals surface area contributed by atoms with Gasteiger partial charge in [-0.25, -0.2) is 4.79 Å². The van der Waals surface area contributed by atoms with Gasteiger partial charge in [-0.05, 0) is 54.7 Å². The SMILES string of the molecule is COC(=O)c1ccc(CN2C[C@@H](C)N(Cc3cccc(C4=CCOCC4)c3)[C@@H](C)C2)cc1. The number of methoxy groups -OCH3 is 1. The fraction of sp³-hybridized carbons (Fsp3) is 0.444. The fourth-order valence-corrected chi connectivity index (χ4v) is 4.90. The average molecular weight is 435 g/mol. The molecule has 2 aromatic carbocycles. The van der Waals surface area contributed by atoms with Crippen LogP contribution in [-0.4, -0.2) is 61.3 Å². The van der Waals surface area contributed by atoms with Crippen molar-refractivity contribution >= 4 is 11.5 Å². The van der Waals surface area contributed by atoms with Gasteiger partial charge in [0.15, 0.2) is 0 Å². The van der Waals surface area contributed by atoms with Gasteiger partial charge in [-0.15, -0.1) is 0 Å².